The number of aromatic hydroxyl groups is 2. The van der Waals surface area contributed by atoms with Gasteiger partial charge in [0, 0.05) is 52.7 Å². The van der Waals surface area contributed by atoms with Gasteiger partial charge in [-0.3, -0.25) is 4.79 Å². The number of anilines is 6. The number of ketones is 1. The van der Waals surface area contributed by atoms with Crippen molar-refractivity contribution in [1.29, 1.82) is 0 Å². The van der Waals surface area contributed by atoms with Gasteiger partial charge in [-0.15, -0.1) is 0 Å². The lowest BCUT2D eigenvalue weighted by Gasteiger charge is -2.27. The zero-order valence-electron chi connectivity index (χ0n) is 24.3. The number of para-hydroxylation sites is 2. The molecule has 44 heavy (non-hydrogen) atoms. The SMILES string of the molecule is CC(=O)Cc1cc(N(c2ccccc2)c2cccc(O)c2)ccc1-c1ccc(N(c2ccccc2)c2cccc(O)c2)cc1. The highest BCUT2D eigenvalue weighted by Gasteiger charge is 2.18. The fraction of sp³-hybridized carbons (Fsp3) is 0.0513. The molecule has 5 heteroatoms. The van der Waals surface area contributed by atoms with Gasteiger partial charge >= 0.3 is 0 Å². The minimum absolute atomic E-state index is 0.0720. The van der Waals surface area contributed by atoms with Gasteiger partial charge in [0.1, 0.15) is 17.3 Å². The van der Waals surface area contributed by atoms with Gasteiger partial charge in [0.05, 0.1) is 0 Å². The second-order valence-electron chi connectivity index (χ2n) is 10.6. The normalized spacial score (nSPS) is 10.8. The molecular weight excluding hydrogens is 544 g/mol. The lowest BCUT2D eigenvalue weighted by atomic mass is 9.95. The monoisotopic (exact) mass is 576 g/mol. The fourth-order valence-corrected chi connectivity index (χ4v) is 5.52. The van der Waals surface area contributed by atoms with Crippen LogP contribution in [0, 0.1) is 0 Å². The summed E-state index contributed by atoms with van der Waals surface area (Å²) in [5.74, 6) is 0.450. The molecule has 0 heterocycles. The van der Waals surface area contributed by atoms with Crippen LogP contribution < -0.4 is 9.80 Å². The molecular formula is C39H32N2O3. The minimum Gasteiger partial charge on any atom is -0.508 e. The summed E-state index contributed by atoms with van der Waals surface area (Å²) in [5.41, 5.74) is 8.28. The third kappa shape index (κ3) is 6.18. The van der Waals surface area contributed by atoms with Crippen LogP contribution in [0.25, 0.3) is 11.1 Å². The molecule has 6 rings (SSSR count). The Kier molecular flexibility index (Phi) is 8.10. The van der Waals surface area contributed by atoms with Gasteiger partial charge in [-0.05, 0) is 96.4 Å². The molecule has 0 atom stereocenters. The van der Waals surface area contributed by atoms with Crippen molar-refractivity contribution in [3.63, 3.8) is 0 Å². The average molecular weight is 577 g/mol. The minimum atomic E-state index is 0.0720. The second-order valence-corrected chi connectivity index (χ2v) is 10.6. The quantitative estimate of drug-likeness (QED) is 0.179. The fourth-order valence-electron chi connectivity index (χ4n) is 5.52. The van der Waals surface area contributed by atoms with Crippen molar-refractivity contribution in [1.82, 2.24) is 0 Å². The maximum Gasteiger partial charge on any atom is 0.134 e. The Bertz CT molecular complexity index is 1890. The first-order valence-electron chi connectivity index (χ1n) is 14.5. The third-order valence-corrected chi connectivity index (χ3v) is 7.43. The van der Waals surface area contributed by atoms with Crippen LogP contribution in [0.5, 0.6) is 11.5 Å². The highest BCUT2D eigenvalue weighted by molar-refractivity contribution is 5.86. The van der Waals surface area contributed by atoms with Gasteiger partial charge in [0.2, 0.25) is 0 Å². The molecule has 5 nitrogen and oxygen atoms in total. The van der Waals surface area contributed by atoms with Crippen LogP contribution in [-0.4, -0.2) is 16.0 Å². The van der Waals surface area contributed by atoms with Crippen LogP contribution in [0.3, 0.4) is 0 Å². The Morgan fingerprint density at radius 2 is 0.932 bits per heavy atom. The first-order valence-corrected chi connectivity index (χ1v) is 14.5. The van der Waals surface area contributed by atoms with E-state index in [0.717, 1.165) is 50.8 Å². The number of hydrogen-bond acceptors (Lipinski definition) is 5. The van der Waals surface area contributed by atoms with Crippen LogP contribution in [0.4, 0.5) is 34.1 Å². The van der Waals surface area contributed by atoms with Crippen molar-refractivity contribution < 1.29 is 15.0 Å². The van der Waals surface area contributed by atoms with Crippen molar-refractivity contribution in [2.24, 2.45) is 0 Å². The van der Waals surface area contributed by atoms with Gasteiger partial charge in [-0.2, -0.15) is 0 Å². The van der Waals surface area contributed by atoms with E-state index < -0.39 is 0 Å². The van der Waals surface area contributed by atoms with E-state index in [4.69, 9.17) is 0 Å². The van der Waals surface area contributed by atoms with Crippen molar-refractivity contribution in [3.05, 3.63) is 157 Å². The summed E-state index contributed by atoms with van der Waals surface area (Å²) in [6.07, 6.45) is 0.285. The van der Waals surface area contributed by atoms with Crippen LogP contribution in [0.15, 0.2) is 152 Å². The predicted molar refractivity (Wildman–Crippen MR) is 179 cm³/mol. The van der Waals surface area contributed by atoms with Gasteiger partial charge < -0.3 is 20.0 Å². The van der Waals surface area contributed by atoms with Crippen LogP contribution in [-0.2, 0) is 11.2 Å². The smallest absolute Gasteiger partial charge is 0.134 e. The van der Waals surface area contributed by atoms with Gasteiger partial charge in [0.25, 0.3) is 0 Å². The topological polar surface area (TPSA) is 64.0 Å². The van der Waals surface area contributed by atoms with E-state index in [1.807, 2.05) is 91.0 Å². The number of Topliss-reactive ketones (excluding diaryl/α,β-unsaturated/α-hetero) is 1. The Morgan fingerprint density at radius 1 is 0.500 bits per heavy atom. The number of carbonyl (C=O) groups excluding carboxylic acids is 1. The zero-order valence-corrected chi connectivity index (χ0v) is 24.3. The van der Waals surface area contributed by atoms with E-state index in [9.17, 15) is 15.0 Å². The Balaban J connectivity index is 1.42. The molecule has 0 spiro atoms. The number of benzene rings is 6. The maximum absolute atomic E-state index is 12.5. The van der Waals surface area contributed by atoms with Gasteiger partial charge in [0.15, 0.2) is 0 Å². The number of rotatable bonds is 9. The van der Waals surface area contributed by atoms with E-state index >= 15 is 0 Å². The number of carbonyl (C=O) groups is 1. The van der Waals surface area contributed by atoms with Crippen LogP contribution in [0.1, 0.15) is 12.5 Å². The second kappa shape index (κ2) is 12.6. The number of phenols is 2. The molecule has 0 saturated carbocycles. The molecule has 0 amide bonds. The average Bonchev–Trinajstić information content (AvgIpc) is 3.03. The highest BCUT2D eigenvalue weighted by Crippen LogP contribution is 2.40. The maximum atomic E-state index is 12.5. The Hall–Kier alpha value is -5.81. The van der Waals surface area contributed by atoms with Crippen molar-refractivity contribution in [3.8, 4) is 22.6 Å². The Labute approximate surface area is 257 Å². The molecule has 0 saturated heterocycles. The first kappa shape index (κ1) is 28.3. The molecule has 6 aromatic rings. The van der Waals surface area contributed by atoms with Crippen molar-refractivity contribution in [2.75, 3.05) is 9.80 Å². The molecule has 2 N–H and O–H groups in total. The number of phenolic OH excluding ortho intramolecular Hbond substituents is 2. The van der Waals surface area contributed by atoms with Crippen LogP contribution >= 0.6 is 0 Å². The van der Waals surface area contributed by atoms with Crippen molar-refractivity contribution in [2.45, 2.75) is 13.3 Å². The number of hydrogen-bond donors (Lipinski definition) is 2. The number of nitrogens with zero attached hydrogens (tertiary/aromatic N) is 2. The van der Waals surface area contributed by atoms with E-state index in [-0.39, 0.29) is 23.7 Å². The summed E-state index contributed by atoms with van der Waals surface area (Å²) in [6.45, 7) is 1.61. The molecule has 0 unspecified atom stereocenters. The summed E-state index contributed by atoms with van der Waals surface area (Å²) in [5, 5.41) is 20.5. The lowest BCUT2D eigenvalue weighted by molar-refractivity contribution is -0.116. The van der Waals surface area contributed by atoms with E-state index in [0.29, 0.717) is 0 Å². The summed E-state index contributed by atoms with van der Waals surface area (Å²) in [4.78, 5) is 16.6. The molecule has 216 valence electrons. The molecule has 0 aromatic heterocycles. The molecule has 0 aliphatic rings. The summed E-state index contributed by atoms with van der Waals surface area (Å²) >= 11 is 0. The van der Waals surface area contributed by atoms with Crippen molar-refractivity contribution >= 4 is 39.9 Å². The van der Waals surface area contributed by atoms with Gasteiger partial charge in [-0.25, -0.2) is 0 Å². The van der Waals surface area contributed by atoms with Gasteiger partial charge in [-0.1, -0.05) is 66.7 Å². The third-order valence-electron chi connectivity index (χ3n) is 7.43. The molecule has 0 aliphatic carbocycles. The molecule has 0 bridgehead atoms. The molecule has 0 aliphatic heterocycles. The standard InChI is InChI=1S/C39H32N2O3/c1-28(42)24-30-25-36(41(32-12-6-3-7-13-32)35-15-9-17-38(44)27-35)22-23-39(30)29-18-20-33(21-19-29)40(31-10-4-2-5-11-31)34-14-8-16-37(43)26-34/h2-23,25-27,43-44H,24H2,1H3. The highest BCUT2D eigenvalue weighted by atomic mass is 16.3. The molecule has 6 aromatic carbocycles. The van der Waals surface area contributed by atoms with E-state index in [2.05, 4.69) is 46.2 Å². The first-order chi connectivity index (χ1) is 21.5. The van der Waals surface area contributed by atoms with Crippen LogP contribution in [0.2, 0.25) is 0 Å². The largest absolute Gasteiger partial charge is 0.508 e. The lowest BCUT2D eigenvalue weighted by Crippen LogP contribution is -2.11. The summed E-state index contributed by atoms with van der Waals surface area (Å²) in [6, 6.07) is 48.8. The molecule has 0 fully saturated rings. The summed E-state index contributed by atoms with van der Waals surface area (Å²) in [7, 11) is 0. The molecule has 0 radical (unpaired) electrons. The zero-order chi connectivity index (χ0) is 30.5. The van der Waals surface area contributed by atoms with E-state index in [1.165, 1.54) is 0 Å². The Morgan fingerprint density at radius 3 is 1.43 bits per heavy atom. The predicted octanol–water partition coefficient (Wildman–Crippen LogP) is 9.84. The summed E-state index contributed by atoms with van der Waals surface area (Å²) < 4.78 is 0. The van der Waals surface area contributed by atoms with E-state index in [1.54, 1.807) is 31.2 Å².